The summed E-state index contributed by atoms with van der Waals surface area (Å²) in [6.45, 7) is 4.76. The summed E-state index contributed by atoms with van der Waals surface area (Å²) in [5.41, 5.74) is 0. The molecule has 1 heterocycles. The van der Waals surface area contributed by atoms with Gasteiger partial charge in [-0.2, -0.15) is 0 Å². The van der Waals surface area contributed by atoms with Crippen molar-refractivity contribution in [2.75, 3.05) is 0 Å². The van der Waals surface area contributed by atoms with E-state index in [-0.39, 0.29) is 11.0 Å². The van der Waals surface area contributed by atoms with Crippen LogP contribution in [0.4, 0.5) is 0 Å². The first kappa shape index (κ1) is 10.7. The molecule has 1 aliphatic heterocycles. The summed E-state index contributed by atoms with van der Waals surface area (Å²) in [4.78, 5) is 22.1. The lowest BCUT2D eigenvalue weighted by molar-refractivity contribution is -0.123. The smallest absolute Gasteiger partial charge is 0.225 e. The standard InChI is InChI=1S/C7H11NO3S2/c1-4(9)8-5-6(10)12-13(11)7(5,2)3/h5H,1-3H3,(H,8,9)/t5-,13-/m0/s1. The minimum absolute atomic E-state index is 0.224. The Morgan fingerprint density at radius 2 is 2.15 bits per heavy atom. The Morgan fingerprint density at radius 3 is 2.46 bits per heavy atom. The minimum atomic E-state index is -1.26. The van der Waals surface area contributed by atoms with Gasteiger partial charge in [0, 0.05) is 17.7 Å². The van der Waals surface area contributed by atoms with Crippen LogP contribution in [-0.4, -0.2) is 26.0 Å². The average molecular weight is 221 g/mol. The van der Waals surface area contributed by atoms with Gasteiger partial charge in [0.05, 0.1) is 14.6 Å². The zero-order chi connectivity index (χ0) is 10.2. The summed E-state index contributed by atoms with van der Waals surface area (Å²) in [7, 11) is -0.461. The summed E-state index contributed by atoms with van der Waals surface area (Å²) in [6.07, 6.45) is 0. The molecule has 1 N–H and O–H groups in total. The topological polar surface area (TPSA) is 63.2 Å². The first-order valence-corrected chi connectivity index (χ1v) is 6.25. The minimum Gasteiger partial charge on any atom is -0.344 e. The van der Waals surface area contributed by atoms with E-state index in [0.717, 1.165) is 10.8 Å². The van der Waals surface area contributed by atoms with Crippen molar-refractivity contribution in [3.63, 3.8) is 0 Å². The van der Waals surface area contributed by atoms with Gasteiger partial charge in [-0.05, 0) is 13.8 Å². The predicted molar refractivity (Wildman–Crippen MR) is 52.4 cm³/mol. The highest BCUT2D eigenvalue weighted by Crippen LogP contribution is 2.37. The van der Waals surface area contributed by atoms with Crippen LogP contribution in [0.25, 0.3) is 0 Å². The second-order valence-corrected chi connectivity index (χ2v) is 6.87. The average Bonchev–Trinajstić information content (AvgIpc) is 2.13. The lowest BCUT2D eigenvalue weighted by Gasteiger charge is -2.22. The van der Waals surface area contributed by atoms with Gasteiger partial charge in [-0.1, -0.05) is 0 Å². The number of carbonyl (C=O) groups excluding carboxylic acids is 2. The van der Waals surface area contributed by atoms with E-state index >= 15 is 0 Å². The van der Waals surface area contributed by atoms with Crippen LogP contribution in [0.1, 0.15) is 20.8 Å². The van der Waals surface area contributed by atoms with Crippen LogP contribution in [0.5, 0.6) is 0 Å². The van der Waals surface area contributed by atoms with Gasteiger partial charge in [0.15, 0.2) is 0 Å². The molecule has 0 aromatic heterocycles. The van der Waals surface area contributed by atoms with E-state index in [9.17, 15) is 13.8 Å². The molecule has 0 aromatic carbocycles. The zero-order valence-electron chi connectivity index (χ0n) is 7.62. The Kier molecular flexibility index (Phi) is 2.82. The van der Waals surface area contributed by atoms with Gasteiger partial charge in [-0.3, -0.25) is 9.59 Å². The highest BCUT2D eigenvalue weighted by atomic mass is 33.1. The third kappa shape index (κ3) is 1.94. The maximum Gasteiger partial charge on any atom is 0.225 e. The van der Waals surface area contributed by atoms with Crippen LogP contribution in [0.2, 0.25) is 0 Å². The molecule has 0 bridgehead atoms. The number of amides is 1. The Hall–Kier alpha value is -0.360. The molecule has 1 amide bonds. The van der Waals surface area contributed by atoms with E-state index < -0.39 is 20.6 Å². The molecule has 1 fully saturated rings. The van der Waals surface area contributed by atoms with E-state index in [2.05, 4.69) is 5.32 Å². The summed E-state index contributed by atoms with van der Waals surface area (Å²) < 4.78 is 10.7. The fraction of sp³-hybridized carbons (Fsp3) is 0.714. The molecule has 0 aromatic rings. The van der Waals surface area contributed by atoms with Crippen molar-refractivity contribution >= 4 is 31.6 Å². The van der Waals surface area contributed by atoms with Crippen LogP contribution in [0.3, 0.4) is 0 Å². The highest BCUT2D eigenvalue weighted by Gasteiger charge is 2.49. The number of rotatable bonds is 1. The molecule has 74 valence electrons. The van der Waals surface area contributed by atoms with Gasteiger partial charge in [-0.25, -0.2) is 4.21 Å². The number of hydrogen-bond acceptors (Lipinski definition) is 4. The normalized spacial score (nSPS) is 31.8. The molecule has 0 spiro atoms. The van der Waals surface area contributed by atoms with E-state index in [1.807, 2.05) is 0 Å². The third-order valence-corrected chi connectivity index (χ3v) is 5.75. The fourth-order valence-electron chi connectivity index (χ4n) is 1.05. The van der Waals surface area contributed by atoms with Gasteiger partial charge in [-0.15, -0.1) is 0 Å². The first-order chi connectivity index (χ1) is 5.85. The molecule has 13 heavy (non-hydrogen) atoms. The fourth-order valence-corrected chi connectivity index (χ4v) is 3.96. The number of carbonyl (C=O) groups is 2. The van der Waals surface area contributed by atoms with E-state index in [1.54, 1.807) is 13.8 Å². The molecule has 2 atom stereocenters. The SMILES string of the molecule is CC(=O)N[C@H]1C(=O)S[S@](=O)C1(C)C. The maximum absolute atomic E-state index is 11.4. The molecule has 4 nitrogen and oxygen atoms in total. The lowest BCUT2D eigenvalue weighted by atomic mass is 10.0. The van der Waals surface area contributed by atoms with Crippen molar-refractivity contribution in [1.29, 1.82) is 0 Å². The van der Waals surface area contributed by atoms with Gasteiger partial charge in [0.25, 0.3) is 0 Å². The van der Waals surface area contributed by atoms with Gasteiger partial charge in [0.2, 0.25) is 11.0 Å². The molecule has 1 aliphatic rings. The van der Waals surface area contributed by atoms with Crippen molar-refractivity contribution in [2.24, 2.45) is 0 Å². The Balaban J connectivity index is 2.88. The molecule has 1 rings (SSSR count). The molecule has 0 aliphatic carbocycles. The molecule has 1 saturated heterocycles. The zero-order valence-corrected chi connectivity index (χ0v) is 9.25. The van der Waals surface area contributed by atoms with Crippen LogP contribution in [0, 0.1) is 0 Å². The Bertz CT molecular complexity index is 287. The Morgan fingerprint density at radius 1 is 1.62 bits per heavy atom. The molecule has 6 heteroatoms. The maximum atomic E-state index is 11.4. The lowest BCUT2D eigenvalue weighted by Crippen LogP contribution is -2.49. The molecular formula is C7H11NO3S2. The van der Waals surface area contributed by atoms with Gasteiger partial charge in [0.1, 0.15) is 6.04 Å². The summed E-state index contributed by atoms with van der Waals surface area (Å²) in [5.74, 6) is -0.272. The van der Waals surface area contributed by atoms with Crippen molar-refractivity contribution in [1.82, 2.24) is 5.32 Å². The van der Waals surface area contributed by atoms with Crippen LogP contribution < -0.4 is 5.32 Å². The van der Waals surface area contributed by atoms with Gasteiger partial charge < -0.3 is 5.32 Å². The number of nitrogens with one attached hydrogen (secondary N) is 1. The highest BCUT2D eigenvalue weighted by molar-refractivity contribution is 8.76. The largest absolute Gasteiger partial charge is 0.344 e. The van der Waals surface area contributed by atoms with Crippen molar-refractivity contribution in [3.05, 3.63) is 0 Å². The second-order valence-electron chi connectivity index (χ2n) is 3.37. The van der Waals surface area contributed by atoms with E-state index in [0.29, 0.717) is 0 Å². The van der Waals surface area contributed by atoms with Crippen molar-refractivity contribution < 1.29 is 13.8 Å². The quantitative estimate of drug-likeness (QED) is 0.643. The third-order valence-electron chi connectivity index (χ3n) is 1.87. The van der Waals surface area contributed by atoms with Crippen LogP contribution in [0.15, 0.2) is 0 Å². The van der Waals surface area contributed by atoms with Crippen molar-refractivity contribution in [2.45, 2.75) is 31.6 Å². The molecule has 0 saturated carbocycles. The summed E-state index contributed by atoms with van der Waals surface area (Å²) in [5, 5.41) is 2.29. The van der Waals surface area contributed by atoms with Crippen molar-refractivity contribution in [3.8, 4) is 0 Å². The second kappa shape index (κ2) is 3.42. The molecule has 0 unspecified atom stereocenters. The van der Waals surface area contributed by atoms with E-state index in [4.69, 9.17) is 0 Å². The summed E-state index contributed by atoms with van der Waals surface area (Å²) >= 11 is 0. The van der Waals surface area contributed by atoms with Crippen LogP contribution in [-0.2, 0) is 19.4 Å². The monoisotopic (exact) mass is 221 g/mol. The molecule has 0 radical (unpaired) electrons. The number of hydrogen-bond donors (Lipinski definition) is 1. The van der Waals surface area contributed by atoms with Crippen LogP contribution >= 0.6 is 10.8 Å². The predicted octanol–water partition coefficient (Wildman–Crippen LogP) is 0.207. The Labute approximate surface area is 82.7 Å². The van der Waals surface area contributed by atoms with E-state index in [1.165, 1.54) is 6.92 Å². The molecular weight excluding hydrogens is 210 g/mol. The first-order valence-electron chi connectivity index (χ1n) is 3.77. The summed E-state index contributed by atoms with van der Waals surface area (Å²) in [6, 6.07) is -0.629. The van der Waals surface area contributed by atoms with Gasteiger partial charge >= 0.3 is 0 Å².